The number of carbonyl (C=O) groups is 1. The number of nitrogens with two attached hydrogens (primary N) is 1. The van der Waals surface area contributed by atoms with Crippen molar-refractivity contribution in [1.29, 1.82) is 0 Å². The van der Waals surface area contributed by atoms with E-state index >= 15 is 0 Å². The summed E-state index contributed by atoms with van der Waals surface area (Å²) in [5, 5.41) is 3.10. The highest BCUT2D eigenvalue weighted by atomic mass is 32.2. The van der Waals surface area contributed by atoms with E-state index < -0.39 is 6.04 Å². The molecule has 1 aromatic rings. The van der Waals surface area contributed by atoms with Gasteiger partial charge in [0.15, 0.2) is 0 Å². The first-order valence-corrected chi connectivity index (χ1v) is 7.66. The Morgan fingerprint density at radius 2 is 2.11 bits per heavy atom. The van der Waals surface area contributed by atoms with Gasteiger partial charge in [0.2, 0.25) is 5.91 Å². The molecule has 4 heteroatoms. The van der Waals surface area contributed by atoms with Crippen LogP contribution in [0.15, 0.2) is 29.2 Å². The van der Waals surface area contributed by atoms with Gasteiger partial charge in [0.05, 0.1) is 12.1 Å². The van der Waals surface area contributed by atoms with Crippen molar-refractivity contribution in [2.24, 2.45) is 11.1 Å². The van der Waals surface area contributed by atoms with Gasteiger partial charge >= 0.3 is 0 Å². The fourth-order valence-electron chi connectivity index (χ4n) is 2.15. The summed E-state index contributed by atoms with van der Waals surface area (Å²) < 4.78 is 0. The minimum Gasteiger partial charge on any atom is -0.348 e. The Kier molecular flexibility index (Phi) is 4.21. The third-order valence-corrected chi connectivity index (χ3v) is 4.61. The van der Waals surface area contributed by atoms with Crippen LogP contribution in [0.25, 0.3) is 0 Å². The fourth-order valence-corrected chi connectivity index (χ4v) is 3.27. The van der Waals surface area contributed by atoms with Crippen LogP contribution >= 0.6 is 11.8 Å². The molecule has 0 fully saturated rings. The van der Waals surface area contributed by atoms with Crippen molar-refractivity contribution in [3.63, 3.8) is 0 Å². The molecule has 0 saturated heterocycles. The topological polar surface area (TPSA) is 55.1 Å². The van der Waals surface area contributed by atoms with Crippen LogP contribution in [0.4, 0.5) is 0 Å². The lowest BCUT2D eigenvalue weighted by molar-refractivity contribution is -0.125. The summed E-state index contributed by atoms with van der Waals surface area (Å²) in [7, 11) is 0. The highest BCUT2D eigenvalue weighted by molar-refractivity contribution is 7.99. The third-order valence-electron chi connectivity index (χ3n) is 3.49. The molecule has 1 aliphatic heterocycles. The number of thioether (sulfide) groups is 1. The highest BCUT2D eigenvalue weighted by Gasteiger charge is 2.30. The van der Waals surface area contributed by atoms with Crippen LogP contribution in [0.1, 0.15) is 38.8 Å². The second kappa shape index (κ2) is 5.55. The molecule has 0 spiro atoms. The molecule has 1 aliphatic rings. The van der Waals surface area contributed by atoms with Crippen LogP contribution in [-0.2, 0) is 4.79 Å². The first kappa shape index (κ1) is 14.4. The summed E-state index contributed by atoms with van der Waals surface area (Å²) in [6.07, 6.45) is 0.963. The maximum atomic E-state index is 12.2. The number of amides is 1. The summed E-state index contributed by atoms with van der Waals surface area (Å²) in [6, 6.07) is 7.88. The van der Waals surface area contributed by atoms with Crippen LogP contribution in [-0.4, -0.2) is 17.7 Å². The molecule has 104 valence electrons. The van der Waals surface area contributed by atoms with E-state index in [9.17, 15) is 4.79 Å². The zero-order valence-corrected chi connectivity index (χ0v) is 12.6. The molecule has 1 aromatic carbocycles. The Morgan fingerprint density at radius 3 is 2.79 bits per heavy atom. The lowest BCUT2D eigenvalue weighted by Crippen LogP contribution is -2.49. The van der Waals surface area contributed by atoms with E-state index in [2.05, 4.69) is 17.4 Å². The Balaban J connectivity index is 2.11. The molecule has 3 N–H and O–H groups in total. The maximum Gasteiger partial charge on any atom is 0.237 e. The van der Waals surface area contributed by atoms with Crippen molar-refractivity contribution in [2.75, 3.05) is 5.75 Å². The fraction of sp³-hybridized carbons (Fsp3) is 0.533. The van der Waals surface area contributed by atoms with Crippen molar-refractivity contribution in [3.05, 3.63) is 29.8 Å². The van der Waals surface area contributed by atoms with Gasteiger partial charge in [-0.15, -0.1) is 11.8 Å². The van der Waals surface area contributed by atoms with Gasteiger partial charge in [-0.25, -0.2) is 0 Å². The first-order chi connectivity index (χ1) is 8.89. The van der Waals surface area contributed by atoms with Gasteiger partial charge in [-0.1, -0.05) is 39.0 Å². The second-order valence-electron chi connectivity index (χ2n) is 6.08. The van der Waals surface area contributed by atoms with Gasteiger partial charge in [0.25, 0.3) is 0 Å². The number of fused-ring (bicyclic) bond motifs is 1. The quantitative estimate of drug-likeness (QED) is 0.874. The molecule has 19 heavy (non-hydrogen) atoms. The molecular formula is C15H22N2OS. The molecule has 1 amide bonds. The third kappa shape index (κ3) is 3.31. The summed E-state index contributed by atoms with van der Waals surface area (Å²) in [4.78, 5) is 13.5. The number of nitrogens with one attached hydrogen (secondary N) is 1. The molecule has 0 saturated carbocycles. The Bertz CT molecular complexity index is 467. The molecule has 2 unspecified atom stereocenters. The van der Waals surface area contributed by atoms with Crippen LogP contribution in [0.3, 0.4) is 0 Å². The predicted molar refractivity (Wildman–Crippen MR) is 80.1 cm³/mol. The Labute approximate surface area is 119 Å². The van der Waals surface area contributed by atoms with Gasteiger partial charge in [0.1, 0.15) is 0 Å². The van der Waals surface area contributed by atoms with Crippen molar-refractivity contribution in [1.82, 2.24) is 5.32 Å². The second-order valence-corrected chi connectivity index (χ2v) is 7.22. The van der Waals surface area contributed by atoms with Gasteiger partial charge in [-0.05, 0) is 23.5 Å². The average Bonchev–Trinajstić information content (AvgIpc) is 2.37. The number of carbonyl (C=O) groups excluding carboxylic acids is 1. The number of hydrogen-bond donors (Lipinski definition) is 2. The van der Waals surface area contributed by atoms with Crippen molar-refractivity contribution >= 4 is 17.7 Å². The summed E-state index contributed by atoms with van der Waals surface area (Å²) in [5.74, 6) is 0.978. The van der Waals surface area contributed by atoms with E-state index in [-0.39, 0.29) is 17.4 Å². The summed E-state index contributed by atoms with van der Waals surface area (Å²) >= 11 is 1.85. The molecule has 0 radical (unpaired) electrons. The van der Waals surface area contributed by atoms with E-state index in [0.717, 1.165) is 12.2 Å². The maximum absolute atomic E-state index is 12.2. The minimum absolute atomic E-state index is 0.0563. The van der Waals surface area contributed by atoms with E-state index in [0.29, 0.717) is 0 Å². The number of benzene rings is 1. The molecule has 3 nitrogen and oxygen atoms in total. The summed E-state index contributed by atoms with van der Waals surface area (Å²) in [5.41, 5.74) is 7.01. The summed E-state index contributed by atoms with van der Waals surface area (Å²) in [6.45, 7) is 5.96. The molecule has 2 rings (SSSR count). The Hall–Kier alpha value is -1.00. The lowest BCUT2D eigenvalue weighted by Gasteiger charge is -2.30. The lowest BCUT2D eigenvalue weighted by atomic mass is 9.86. The molecule has 2 atom stereocenters. The smallest absolute Gasteiger partial charge is 0.237 e. The van der Waals surface area contributed by atoms with Crippen LogP contribution < -0.4 is 11.1 Å². The average molecular weight is 278 g/mol. The normalized spacial score (nSPS) is 20.5. The largest absolute Gasteiger partial charge is 0.348 e. The number of hydrogen-bond acceptors (Lipinski definition) is 3. The van der Waals surface area contributed by atoms with Gasteiger partial charge < -0.3 is 11.1 Å². The molecule has 0 aliphatic carbocycles. The van der Waals surface area contributed by atoms with Crippen molar-refractivity contribution < 1.29 is 4.79 Å². The van der Waals surface area contributed by atoms with Crippen LogP contribution in [0, 0.1) is 5.41 Å². The zero-order valence-electron chi connectivity index (χ0n) is 11.8. The number of rotatable bonds is 2. The Morgan fingerprint density at radius 1 is 1.42 bits per heavy atom. The van der Waals surface area contributed by atoms with Crippen LogP contribution in [0.2, 0.25) is 0 Å². The van der Waals surface area contributed by atoms with E-state index in [4.69, 9.17) is 5.73 Å². The highest BCUT2D eigenvalue weighted by Crippen LogP contribution is 2.36. The first-order valence-electron chi connectivity index (χ1n) is 6.67. The van der Waals surface area contributed by atoms with Gasteiger partial charge in [-0.2, -0.15) is 0 Å². The minimum atomic E-state index is -0.478. The van der Waals surface area contributed by atoms with Crippen molar-refractivity contribution in [3.8, 4) is 0 Å². The van der Waals surface area contributed by atoms with E-state index in [1.165, 1.54) is 10.5 Å². The van der Waals surface area contributed by atoms with Gasteiger partial charge in [-0.3, -0.25) is 4.79 Å². The molecular weight excluding hydrogens is 256 g/mol. The van der Waals surface area contributed by atoms with E-state index in [1.807, 2.05) is 44.7 Å². The predicted octanol–water partition coefficient (Wildman–Crippen LogP) is 2.71. The molecule has 0 aromatic heterocycles. The van der Waals surface area contributed by atoms with Crippen LogP contribution in [0.5, 0.6) is 0 Å². The van der Waals surface area contributed by atoms with E-state index in [1.54, 1.807) is 0 Å². The van der Waals surface area contributed by atoms with Gasteiger partial charge in [0, 0.05) is 10.6 Å². The zero-order chi connectivity index (χ0) is 14.0. The van der Waals surface area contributed by atoms with Crippen molar-refractivity contribution in [2.45, 2.75) is 44.2 Å². The molecule has 1 heterocycles. The SMILES string of the molecule is CC(C)(C)C(N)C(=O)NC1CCSc2ccccc21. The standard InChI is InChI=1S/C15H22N2OS/c1-15(2,3)13(16)14(18)17-11-8-9-19-12-7-5-4-6-10(11)12/h4-7,11,13H,8-9,16H2,1-3H3,(H,17,18). The monoisotopic (exact) mass is 278 g/mol. The molecule has 0 bridgehead atoms.